The number of ether oxygens (including phenoxy) is 2. The Bertz CT molecular complexity index is 458. The number of ketones is 1. The fourth-order valence-electron chi connectivity index (χ4n) is 2.90. The second kappa shape index (κ2) is 5.25. The van der Waals surface area contributed by atoms with Crippen molar-refractivity contribution >= 4 is 18.0 Å². The van der Waals surface area contributed by atoms with Gasteiger partial charge >= 0.3 is 12.2 Å². The average molecular weight is 311 g/mol. The zero-order valence-electron chi connectivity index (χ0n) is 14.1. The van der Waals surface area contributed by atoms with E-state index in [0.29, 0.717) is 12.8 Å². The number of hydrogen-bond acceptors (Lipinski definition) is 5. The lowest BCUT2D eigenvalue weighted by atomic mass is 10.2. The number of carbonyl (C=O) groups excluding carboxylic acids is 3. The Morgan fingerprint density at radius 2 is 1.27 bits per heavy atom. The normalized spacial score (nSPS) is 27.2. The third kappa shape index (κ3) is 3.78. The third-order valence-electron chi connectivity index (χ3n) is 3.69. The average Bonchev–Trinajstić information content (AvgIpc) is 2.75. The van der Waals surface area contributed by atoms with E-state index in [9.17, 15) is 14.4 Å². The summed E-state index contributed by atoms with van der Waals surface area (Å²) in [6, 6.07) is -0.276. The van der Waals surface area contributed by atoms with E-state index < -0.39 is 23.4 Å². The molecule has 0 aromatic rings. The highest BCUT2D eigenvalue weighted by Gasteiger charge is 2.62. The monoisotopic (exact) mass is 311 g/mol. The molecule has 6 nitrogen and oxygen atoms in total. The molecule has 2 aliphatic rings. The van der Waals surface area contributed by atoms with Gasteiger partial charge in [0, 0.05) is 12.8 Å². The van der Waals surface area contributed by atoms with Crippen molar-refractivity contribution in [3.63, 3.8) is 0 Å². The van der Waals surface area contributed by atoms with Crippen molar-refractivity contribution < 1.29 is 23.9 Å². The highest BCUT2D eigenvalue weighted by atomic mass is 16.6. The summed E-state index contributed by atoms with van der Waals surface area (Å²) in [7, 11) is 0. The molecule has 22 heavy (non-hydrogen) atoms. The van der Waals surface area contributed by atoms with E-state index in [2.05, 4.69) is 0 Å². The van der Waals surface area contributed by atoms with Crippen LogP contribution in [0.25, 0.3) is 0 Å². The van der Waals surface area contributed by atoms with Gasteiger partial charge in [0.2, 0.25) is 0 Å². The maximum absolute atomic E-state index is 12.4. The van der Waals surface area contributed by atoms with Crippen LogP contribution in [0.3, 0.4) is 0 Å². The first-order chi connectivity index (χ1) is 9.89. The maximum atomic E-state index is 12.4. The van der Waals surface area contributed by atoms with Gasteiger partial charge in [0.25, 0.3) is 0 Å². The smallest absolute Gasteiger partial charge is 0.420 e. The van der Waals surface area contributed by atoms with Gasteiger partial charge < -0.3 is 9.47 Å². The van der Waals surface area contributed by atoms with E-state index in [1.54, 1.807) is 41.5 Å². The van der Waals surface area contributed by atoms with Gasteiger partial charge in [-0.05, 0) is 53.4 Å². The molecule has 0 aromatic heterocycles. The van der Waals surface area contributed by atoms with E-state index in [1.807, 2.05) is 0 Å². The van der Waals surface area contributed by atoms with Gasteiger partial charge in [-0.2, -0.15) is 0 Å². The highest BCUT2D eigenvalue weighted by Crippen LogP contribution is 2.53. The Morgan fingerprint density at radius 3 is 1.59 bits per heavy atom. The summed E-state index contributed by atoms with van der Waals surface area (Å²) >= 11 is 0. The fraction of sp³-hybridized carbons (Fsp3) is 0.812. The number of Topliss-reactive ketones (excluding diaryl/α,β-unsaturated/α-hetero) is 1. The van der Waals surface area contributed by atoms with E-state index >= 15 is 0 Å². The SMILES string of the molecule is CC(C)(C)OC(=O)N(C(=O)OC(C)(C)C)[C@@H]1C2CC(=O)C[C@H]21. The number of fused-ring (bicyclic) bond motifs is 1. The molecule has 2 saturated carbocycles. The van der Waals surface area contributed by atoms with Crippen molar-refractivity contribution in [1.82, 2.24) is 4.90 Å². The lowest BCUT2D eigenvalue weighted by Gasteiger charge is -2.29. The molecule has 0 heterocycles. The van der Waals surface area contributed by atoms with Gasteiger partial charge in [0.1, 0.15) is 17.0 Å². The molecular formula is C16H25NO5. The molecule has 1 unspecified atom stereocenters. The van der Waals surface area contributed by atoms with Gasteiger partial charge in [0.15, 0.2) is 0 Å². The lowest BCUT2D eigenvalue weighted by molar-refractivity contribution is -0.118. The zero-order chi connectivity index (χ0) is 16.9. The Balaban J connectivity index is 2.14. The molecule has 0 radical (unpaired) electrons. The Morgan fingerprint density at radius 1 is 0.909 bits per heavy atom. The fourth-order valence-corrected chi connectivity index (χ4v) is 2.90. The van der Waals surface area contributed by atoms with Crippen molar-refractivity contribution in [2.24, 2.45) is 11.8 Å². The van der Waals surface area contributed by atoms with Gasteiger partial charge in [-0.25, -0.2) is 14.5 Å². The number of rotatable bonds is 1. The van der Waals surface area contributed by atoms with Gasteiger partial charge in [-0.1, -0.05) is 0 Å². The molecule has 0 bridgehead atoms. The Hall–Kier alpha value is -1.59. The van der Waals surface area contributed by atoms with Crippen LogP contribution < -0.4 is 0 Å². The molecular weight excluding hydrogens is 286 g/mol. The van der Waals surface area contributed by atoms with E-state index in [4.69, 9.17) is 9.47 Å². The van der Waals surface area contributed by atoms with Crippen molar-refractivity contribution in [2.45, 2.75) is 71.6 Å². The molecule has 0 saturated heterocycles. The number of carbonyl (C=O) groups is 3. The van der Waals surface area contributed by atoms with Gasteiger partial charge in [0.05, 0.1) is 6.04 Å². The summed E-state index contributed by atoms with van der Waals surface area (Å²) in [5, 5.41) is 0. The summed E-state index contributed by atoms with van der Waals surface area (Å²) in [6.45, 7) is 10.5. The van der Waals surface area contributed by atoms with Crippen molar-refractivity contribution in [3.8, 4) is 0 Å². The van der Waals surface area contributed by atoms with Crippen molar-refractivity contribution in [3.05, 3.63) is 0 Å². The number of hydrogen-bond donors (Lipinski definition) is 0. The molecule has 0 N–H and O–H groups in total. The predicted octanol–water partition coefficient (Wildman–Crippen LogP) is 3.14. The maximum Gasteiger partial charge on any atom is 0.420 e. The number of imide groups is 1. The molecule has 0 aromatic carbocycles. The molecule has 2 aliphatic carbocycles. The molecule has 0 spiro atoms. The van der Waals surface area contributed by atoms with Crippen LogP contribution in [0.5, 0.6) is 0 Å². The number of nitrogens with zero attached hydrogens (tertiary/aromatic N) is 1. The topological polar surface area (TPSA) is 72.9 Å². The van der Waals surface area contributed by atoms with E-state index in [-0.39, 0.29) is 23.7 Å². The van der Waals surface area contributed by atoms with Crippen LogP contribution >= 0.6 is 0 Å². The largest absolute Gasteiger partial charge is 0.443 e. The first-order valence-corrected chi connectivity index (χ1v) is 7.66. The molecule has 2 amide bonds. The summed E-state index contributed by atoms with van der Waals surface area (Å²) < 4.78 is 10.7. The molecule has 6 heteroatoms. The van der Waals surface area contributed by atoms with E-state index in [0.717, 1.165) is 4.90 Å². The third-order valence-corrected chi connectivity index (χ3v) is 3.69. The summed E-state index contributed by atoms with van der Waals surface area (Å²) in [4.78, 5) is 37.3. The highest BCUT2D eigenvalue weighted by molar-refractivity contribution is 5.91. The Labute approximate surface area is 131 Å². The van der Waals surface area contributed by atoms with Crippen LogP contribution in [0.1, 0.15) is 54.4 Å². The van der Waals surface area contributed by atoms with Crippen LogP contribution in [0.4, 0.5) is 9.59 Å². The second-order valence-electron chi connectivity index (χ2n) is 8.10. The standard InChI is InChI=1S/C16H25NO5/c1-15(2,3)21-13(19)17(14(20)22-16(4,5)6)12-10-7-9(18)8-11(10)12/h10-12H,7-8H2,1-6H3/t10-,11?,12+/m1/s1. The number of amides is 2. The minimum absolute atomic E-state index is 0.0625. The minimum Gasteiger partial charge on any atom is -0.443 e. The first-order valence-electron chi connectivity index (χ1n) is 7.66. The summed E-state index contributed by atoms with van der Waals surface area (Å²) in [6.07, 6.45) is -0.545. The van der Waals surface area contributed by atoms with Crippen molar-refractivity contribution in [2.75, 3.05) is 0 Å². The predicted molar refractivity (Wildman–Crippen MR) is 79.3 cm³/mol. The zero-order valence-corrected chi connectivity index (χ0v) is 14.1. The van der Waals surface area contributed by atoms with Crippen LogP contribution in [0.2, 0.25) is 0 Å². The molecule has 0 aliphatic heterocycles. The second-order valence-corrected chi connectivity index (χ2v) is 8.10. The van der Waals surface area contributed by atoms with Crippen LogP contribution in [-0.2, 0) is 14.3 Å². The van der Waals surface area contributed by atoms with Crippen molar-refractivity contribution in [1.29, 1.82) is 0 Å². The quantitative estimate of drug-likeness (QED) is 0.744. The molecule has 2 fully saturated rings. The van der Waals surface area contributed by atoms with Gasteiger partial charge in [-0.3, -0.25) is 4.79 Å². The van der Waals surface area contributed by atoms with Crippen LogP contribution in [-0.4, -0.2) is 40.1 Å². The molecule has 3 atom stereocenters. The molecule has 2 rings (SSSR count). The van der Waals surface area contributed by atoms with Gasteiger partial charge in [-0.15, -0.1) is 0 Å². The summed E-state index contributed by atoms with van der Waals surface area (Å²) in [5.41, 5.74) is -1.39. The first kappa shape index (κ1) is 16.8. The minimum atomic E-state index is -0.700. The Kier molecular flexibility index (Phi) is 4.00. The van der Waals surface area contributed by atoms with Crippen LogP contribution in [0, 0.1) is 11.8 Å². The summed E-state index contributed by atoms with van der Waals surface area (Å²) in [5.74, 6) is 0.319. The lowest BCUT2D eigenvalue weighted by Crippen LogP contribution is -2.46. The molecule has 124 valence electrons. The van der Waals surface area contributed by atoms with E-state index in [1.165, 1.54) is 0 Å². The van der Waals surface area contributed by atoms with Crippen LogP contribution in [0.15, 0.2) is 0 Å².